The first-order valence-electron chi connectivity index (χ1n) is 9.90. The van der Waals surface area contributed by atoms with Crippen LogP contribution in [0, 0.1) is 5.92 Å². The number of ether oxygens (including phenoxy) is 1. The van der Waals surface area contributed by atoms with Gasteiger partial charge in [-0.25, -0.2) is 13.2 Å². The molecular weight excluding hydrogens is 416 g/mol. The van der Waals surface area contributed by atoms with Crippen molar-refractivity contribution in [1.29, 1.82) is 0 Å². The molecule has 0 spiro atoms. The highest BCUT2D eigenvalue weighted by atomic mass is 35.5. The Kier molecular flexibility index (Phi) is 6.55. The lowest BCUT2D eigenvalue weighted by molar-refractivity contribution is -0.148. The van der Waals surface area contributed by atoms with E-state index in [-0.39, 0.29) is 21.4 Å². The number of hydrogen-bond acceptors (Lipinski definition) is 5. The van der Waals surface area contributed by atoms with Crippen molar-refractivity contribution in [2.45, 2.75) is 55.9 Å². The zero-order chi connectivity index (χ0) is 21.2. The maximum atomic E-state index is 13.1. The van der Waals surface area contributed by atoms with Crippen molar-refractivity contribution in [3.63, 3.8) is 0 Å². The lowest BCUT2D eigenvalue weighted by Crippen LogP contribution is -2.53. The quantitative estimate of drug-likeness (QED) is 0.707. The van der Waals surface area contributed by atoms with Gasteiger partial charge in [0.2, 0.25) is 10.0 Å². The third kappa shape index (κ3) is 4.44. The summed E-state index contributed by atoms with van der Waals surface area (Å²) in [6.45, 7) is 2.88. The number of nitrogens with one attached hydrogen (secondary N) is 1. The molecule has 7 nitrogen and oxygen atoms in total. The van der Waals surface area contributed by atoms with E-state index in [9.17, 15) is 18.0 Å². The number of halogens is 1. The fourth-order valence-electron chi connectivity index (χ4n) is 4.19. The predicted octanol–water partition coefficient (Wildman–Crippen LogP) is 2.98. The first-order chi connectivity index (χ1) is 13.7. The highest BCUT2D eigenvalue weighted by Gasteiger charge is 2.44. The zero-order valence-electron chi connectivity index (χ0n) is 16.7. The number of sulfonamides is 1. The average molecular weight is 443 g/mol. The number of piperidine rings is 1. The number of hydrogen-bond donors (Lipinski definition) is 1. The van der Waals surface area contributed by atoms with Crippen LogP contribution in [0.5, 0.6) is 0 Å². The van der Waals surface area contributed by atoms with E-state index in [1.807, 2.05) is 6.92 Å². The van der Waals surface area contributed by atoms with Gasteiger partial charge in [-0.1, -0.05) is 31.4 Å². The fraction of sp³-hybridized carbons (Fsp3) is 0.600. The third-order valence-electron chi connectivity index (χ3n) is 5.82. The van der Waals surface area contributed by atoms with Crippen LogP contribution in [0.1, 0.15) is 55.8 Å². The minimum absolute atomic E-state index is 0.0725. The summed E-state index contributed by atoms with van der Waals surface area (Å²) < 4.78 is 32.6. The van der Waals surface area contributed by atoms with Gasteiger partial charge in [-0.15, -0.1) is 0 Å². The predicted molar refractivity (Wildman–Crippen MR) is 109 cm³/mol. The van der Waals surface area contributed by atoms with Crippen LogP contribution in [0.25, 0.3) is 0 Å². The summed E-state index contributed by atoms with van der Waals surface area (Å²) in [5, 5.41) is 2.85. The Morgan fingerprint density at radius 2 is 1.93 bits per heavy atom. The molecule has 1 saturated carbocycles. The molecule has 160 valence electrons. The normalized spacial score (nSPS) is 22.2. The van der Waals surface area contributed by atoms with Gasteiger partial charge in [-0.2, -0.15) is 4.31 Å². The summed E-state index contributed by atoms with van der Waals surface area (Å²) in [5.74, 6) is -0.726. The van der Waals surface area contributed by atoms with Crippen molar-refractivity contribution < 1.29 is 22.7 Å². The third-order valence-corrected chi connectivity index (χ3v) is 8.16. The first-order valence-corrected chi connectivity index (χ1v) is 11.7. The molecule has 1 heterocycles. The van der Waals surface area contributed by atoms with Gasteiger partial charge in [0.05, 0.1) is 12.1 Å². The fourth-order valence-corrected chi connectivity index (χ4v) is 6.29. The maximum Gasteiger partial charge on any atom is 0.331 e. The molecule has 2 aliphatic rings. The first kappa shape index (κ1) is 22.1. The van der Waals surface area contributed by atoms with Crippen LogP contribution in [-0.2, 0) is 19.6 Å². The molecule has 1 aliphatic carbocycles. The molecule has 1 N–H and O–H groups in total. The monoisotopic (exact) mass is 442 g/mol. The highest BCUT2D eigenvalue weighted by Crippen LogP contribution is 2.32. The van der Waals surface area contributed by atoms with E-state index >= 15 is 0 Å². The smallest absolute Gasteiger partial charge is 0.331 e. The maximum absolute atomic E-state index is 13.1. The van der Waals surface area contributed by atoms with E-state index in [1.54, 1.807) is 0 Å². The van der Waals surface area contributed by atoms with Gasteiger partial charge in [-0.05, 0) is 49.8 Å². The number of nitrogens with zero attached hydrogens (tertiary/aromatic N) is 1. The van der Waals surface area contributed by atoms with Crippen molar-refractivity contribution in [3.8, 4) is 0 Å². The van der Waals surface area contributed by atoms with Crippen molar-refractivity contribution >= 4 is 33.5 Å². The number of benzene rings is 1. The number of carbonyl (C=O) groups excluding carboxylic acids is 2. The second-order valence-electron chi connectivity index (χ2n) is 7.99. The molecule has 9 heteroatoms. The number of amides is 1. The van der Waals surface area contributed by atoms with E-state index in [4.69, 9.17) is 16.3 Å². The summed E-state index contributed by atoms with van der Waals surface area (Å²) in [7, 11) is -2.52. The molecule has 1 amide bonds. The molecular formula is C20H27ClN2O5S. The van der Waals surface area contributed by atoms with E-state index in [0.717, 1.165) is 25.7 Å². The summed E-state index contributed by atoms with van der Waals surface area (Å²) in [4.78, 5) is 25.1. The highest BCUT2D eigenvalue weighted by molar-refractivity contribution is 7.89. The Hall–Kier alpha value is -1.64. The Labute approximate surface area is 176 Å². The van der Waals surface area contributed by atoms with Crippen molar-refractivity contribution in [2.75, 3.05) is 20.2 Å². The van der Waals surface area contributed by atoms with E-state index < -0.39 is 27.4 Å². The molecule has 29 heavy (non-hydrogen) atoms. The van der Waals surface area contributed by atoms with Gasteiger partial charge in [0, 0.05) is 18.7 Å². The summed E-state index contributed by atoms with van der Waals surface area (Å²) in [5.41, 5.74) is -0.916. The summed E-state index contributed by atoms with van der Waals surface area (Å²) in [6, 6.07) is 4.18. The van der Waals surface area contributed by atoms with E-state index in [0.29, 0.717) is 25.9 Å². The average Bonchev–Trinajstić information content (AvgIpc) is 3.17. The molecule has 0 bridgehead atoms. The van der Waals surface area contributed by atoms with Gasteiger partial charge < -0.3 is 10.1 Å². The van der Waals surface area contributed by atoms with E-state index in [1.165, 1.54) is 29.6 Å². The van der Waals surface area contributed by atoms with E-state index in [2.05, 4.69) is 5.32 Å². The standard InChI is InChI=1S/C20H27ClN2O5S/c1-14-6-5-11-23(13-14)29(26,27)17-12-15(7-8-16(17)21)18(24)22-20(19(25)28-2)9-3-4-10-20/h7-8,12,14H,3-6,9-11,13H2,1-2H3,(H,22,24)/t14-/m1/s1. The zero-order valence-corrected chi connectivity index (χ0v) is 18.3. The van der Waals surface area contributed by atoms with Gasteiger partial charge in [0.1, 0.15) is 10.4 Å². The molecule has 1 aromatic carbocycles. The number of methoxy groups -OCH3 is 1. The molecule has 3 rings (SSSR count). The summed E-state index contributed by atoms with van der Waals surface area (Å²) >= 11 is 6.20. The molecule has 1 aliphatic heterocycles. The Bertz CT molecular complexity index is 896. The van der Waals surface area contributed by atoms with Crippen LogP contribution in [0.15, 0.2) is 23.1 Å². The Morgan fingerprint density at radius 3 is 2.55 bits per heavy atom. The summed E-state index contributed by atoms with van der Waals surface area (Å²) in [6.07, 6.45) is 4.38. The SMILES string of the molecule is COC(=O)C1(NC(=O)c2ccc(Cl)c(S(=O)(=O)N3CCC[C@@H](C)C3)c2)CCCC1. The van der Waals surface area contributed by atoms with Gasteiger partial charge in [0.25, 0.3) is 5.91 Å². The number of carbonyl (C=O) groups is 2. The second-order valence-corrected chi connectivity index (χ2v) is 10.3. The number of esters is 1. The lowest BCUT2D eigenvalue weighted by Gasteiger charge is -2.30. The van der Waals surface area contributed by atoms with Crippen LogP contribution in [0.2, 0.25) is 5.02 Å². The van der Waals surface area contributed by atoms with Crippen LogP contribution in [0.3, 0.4) is 0 Å². The molecule has 1 saturated heterocycles. The van der Waals surface area contributed by atoms with Crippen LogP contribution >= 0.6 is 11.6 Å². The second kappa shape index (κ2) is 8.62. The topological polar surface area (TPSA) is 92.8 Å². The Morgan fingerprint density at radius 1 is 1.24 bits per heavy atom. The van der Waals surface area contributed by atoms with Crippen molar-refractivity contribution in [1.82, 2.24) is 9.62 Å². The number of rotatable bonds is 5. The molecule has 0 radical (unpaired) electrons. The Balaban J connectivity index is 1.88. The van der Waals surface area contributed by atoms with Gasteiger partial charge in [0.15, 0.2) is 0 Å². The van der Waals surface area contributed by atoms with Gasteiger partial charge >= 0.3 is 5.97 Å². The van der Waals surface area contributed by atoms with Crippen LogP contribution in [0.4, 0.5) is 0 Å². The molecule has 1 atom stereocenters. The molecule has 1 aromatic rings. The molecule has 0 unspecified atom stereocenters. The minimum Gasteiger partial charge on any atom is -0.467 e. The lowest BCUT2D eigenvalue weighted by atomic mass is 9.97. The minimum atomic E-state index is -3.82. The van der Waals surface area contributed by atoms with Crippen molar-refractivity contribution in [3.05, 3.63) is 28.8 Å². The van der Waals surface area contributed by atoms with Crippen LogP contribution in [-0.4, -0.2) is 50.3 Å². The molecule has 2 fully saturated rings. The van der Waals surface area contributed by atoms with Gasteiger partial charge in [-0.3, -0.25) is 4.79 Å². The molecule has 0 aromatic heterocycles. The largest absolute Gasteiger partial charge is 0.467 e. The van der Waals surface area contributed by atoms with Crippen LogP contribution < -0.4 is 5.32 Å². The van der Waals surface area contributed by atoms with Crippen molar-refractivity contribution in [2.24, 2.45) is 5.92 Å².